The van der Waals surface area contributed by atoms with Crippen LogP contribution < -0.4 is 0 Å². The van der Waals surface area contributed by atoms with Gasteiger partial charge in [-0.3, -0.25) is 4.79 Å². The van der Waals surface area contributed by atoms with Crippen molar-refractivity contribution in [1.82, 2.24) is 9.55 Å². The Balaban J connectivity index is 2.48. The van der Waals surface area contributed by atoms with Gasteiger partial charge < -0.3 is 18.8 Å². The number of aryl methyl sites for hydroxylation is 2. The first-order valence-electron chi connectivity index (χ1n) is 7.61. The van der Waals surface area contributed by atoms with Crippen LogP contribution in [0.3, 0.4) is 0 Å². The minimum atomic E-state index is -0.460. The molecule has 6 nitrogen and oxygen atoms in total. The van der Waals surface area contributed by atoms with Crippen LogP contribution in [0.4, 0.5) is 0 Å². The van der Waals surface area contributed by atoms with Gasteiger partial charge in [0.15, 0.2) is 0 Å². The molecule has 0 radical (unpaired) electrons. The summed E-state index contributed by atoms with van der Waals surface area (Å²) in [5.41, 5.74) is 2.13. The highest BCUT2D eigenvalue weighted by Gasteiger charge is 2.17. The van der Waals surface area contributed by atoms with E-state index in [1.54, 1.807) is 6.92 Å². The Hall–Kier alpha value is -1.69. The molecule has 1 heterocycles. The van der Waals surface area contributed by atoms with E-state index in [-0.39, 0.29) is 25.0 Å². The first-order valence-corrected chi connectivity index (χ1v) is 7.61. The van der Waals surface area contributed by atoms with Crippen molar-refractivity contribution >= 4 is 12.3 Å². The van der Waals surface area contributed by atoms with E-state index in [4.69, 9.17) is 9.47 Å². The van der Waals surface area contributed by atoms with Gasteiger partial charge >= 0.3 is 5.97 Å². The number of carbonyl (C=O) groups excluding carboxylic acids is 2. The van der Waals surface area contributed by atoms with E-state index < -0.39 is 5.92 Å². The topological polar surface area (TPSA) is 70.4 Å². The molecule has 2 unspecified atom stereocenters. The second-order valence-corrected chi connectivity index (χ2v) is 5.49. The van der Waals surface area contributed by atoms with E-state index in [2.05, 4.69) is 9.55 Å². The molecule has 0 saturated heterocycles. The summed E-state index contributed by atoms with van der Waals surface area (Å²) in [7, 11) is 0. The summed E-state index contributed by atoms with van der Waals surface area (Å²) in [6, 6.07) is 0.121. The Labute approximate surface area is 131 Å². The maximum Gasteiger partial charge on any atom is 0.306 e. The van der Waals surface area contributed by atoms with Gasteiger partial charge in [0.25, 0.3) is 0 Å². The van der Waals surface area contributed by atoms with Crippen molar-refractivity contribution in [3.8, 4) is 0 Å². The predicted molar refractivity (Wildman–Crippen MR) is 82.8 cm³/mol. The first kappa shape index (κ1) is 18.4. The second kappa shape index (κ2) is 8.68. The molecule has 0 N–H and O–H groups in total. The molecule has 0 amide bonds. The normalized spacial score (nSPS) is 13.7. The lowest BCUT2D eigenvalue weighted by molar-refractivity contribution is -0.145. The number of hydrogen-bond donors (Lipinski definition) is 0. The van der Waals surface area contributed by atoms with Crippen LogP contribution in [0.15, 0.2) is 0 Å². The summed E-state index contributed by atoms with van der Waals surface area (Å²) in [5, 5.41) is 0. The predicted octanol–water partition coefficient (Wildman–Crippen LogP) is 2.15. The fourth-order valence-corrected chi connectivity index (χ4v) is 2.49. The average Bonchev–Trinajstić information content (AvgIpc) is 2.71. The maximum atomic E-state index is 11.4. The summed E-state index contributed by atoms with van der Waals surface area (Å²) < 4.78 is 12.6. The van der Waals surface area contributed by atoms with Gasteiger partial charge in [0.1, 0.15) is 12.1 Å². The molecule has 2 atom stereocenters. The zero-order valence-electron chi connectivity index (χ0n) is 14.1. The van der Waals surface area contributed by atoms with E-state index in [0.29, 0.717) is 13.2 Å². The van der Waals surface area contributed by atoms with Crippen molar-refractivity contribution in [3.63, 3.8) is 0 Å². The Morgan fingerprint density at radius 2 is 2.00 bits per heavy atom. The lowest BCUT2D eigenvalue weighted by atomic mass is 10.1. The second-order valence-electron chi connectivity index (χ2n) is 5.49. The van der Waals surface area contributed by atoms with Crippen molar-refractivity contribution in [1.29, 1.82) is 0 Å². The Kier molecular flexibility index (Phi) is 7.24. The monoisotopic (exact) mass is 310 g/mol. The highest BCUT2D eigenvalue weighted by Crippen LogP contribution is 2.17. The molecular weight excluding hydrogens is 284 g/mol. The van der Waals surface area contributed by atoms with Gasteiger partial charge in [0, 0.05) is 11.6 Å². The molecule has 0 aliphatic rings. The molecule has 22 heavy (non-hydrogen) atoms. The Morgan fingerprint density at radius 1 is 1.32 bits per heavy atom. The quantitative estimate of drug-likeness (QED) is 0.516. The number of aldehydes is 1. The van der Waals surface area contributed by atoms with E-state index >= 15 is 0 Å². The van der Waals surface area contributed by atoms with Crippen molar-refractivity contribution < 1.29 is 19.1 Å². The van der Waals surface area contributed by atoms with Crippen LogP contribution in [0.1, 0.15) is 43.5 Å². The van der Waals surface area contributed by atoms with E-state index in [1.165, 1.54) is 0 Å². The summed E-state index contributed by atoms with van der Waals surface area (Å²) in [4.78, 5) is 26.8. The van der Waals surface area contributed by atoms with Gasteiger partial charge in [-0.05, 0) is 34.6 Å². The fourth-order valence-electron chi connectivity index (χ4n) is 2.49. The molecule has 0 fully saturated rings. The van der Waals surface area contributed by atoms with Crippen molar-refractivity contribution in [2.45, 2.75) is 47.1 Å². The highest BCUT2D eigenvalue weighted by atomic mass is 16.5. The van der Waals surface area contributed by atoms with Gasteiger partial charge in [-0.2, -0.15) is 0 Å². The smallest absolute Gasteiger partial charge is 0.306 e. The lowest BCUT2D eigenvalue weighted by Gasteiger charge is -2.18. The third kappa shape index (κ3) is 4.94. The molecule has 0 saturated carbocycles. The maximum absolute atomic E-state index is 11.4. The third-order valence-corrected chi connectivity index (χ3v) is 3.62. The number of nitrogens with zero attached hydrogens (tertiary/aromatic N) is 2. The van der Waals surface area contributed by atoms with Gasteiger partial charge in [-0.15, -0.1) is 0 Å². The number of hydrogen-bond acceptors (Lipinski definition) is 5. The van der Waals surface area contributed by atoms with Crippen molar-refractivity contribution in [3.05, 3.63) is 17.2 Å². The Morgan fingerprint density at radius 3 is 2.50 bits per heavy atom. The zero-order valence-corrected chi connectivity index (χ0v) is 14.1. The van der Waals surface area contributed by atoms with E-state index in [9.17, 15) is 9.59 Å². The van der Waals surface area contributed by atoms with Gasteiger partial charge in [0.05, 0.1) is 38.0 Å². The lowest BCUT2D eigenvalue weighted by Crippen LogP contribution is -2.21. The molecular formula is C16H26N2O4. The molecule has 124 valence electrons. The van der Waals surface area contributed by atoms with Crippen LogP contribution in [0.2, 0.25) is 0 Å². The highest BCUT2D eigenvalue weighted by molar-refractivity contribution is 5.73. The molecule has 0 bridgehead atoms. The molecule has 1 aromatic heterocycles. The number of carbonyl (C=O) groups is 2. The van der Waals surface area contributed by atoms with Gasteiger partial charge in [-0.1, -0.05) is 0 Å². The summed E-state index contributed by atoms with van der Waals surface area (Å²) in [6.45, 7) is 10.8. The van der Waals surface area contributed by atoms with Crippen LogP contribution >= 0.6 is 0 Å². The van der Waals surface area contributed by atoms with E-state index in [0.717, 1.165) is 23.5 Å². The first-order chi connectivity index (χ1) is 10.4. The van der Waals surface area contributed by atoms with Crippen molar-refractivity contribution in [2.75, 3.05) is 19.8 Å². The molecule has 0 aliphatic heterocycles. The average molecular weight is 310 g/mol. The molecule has 0 spiro atoms. The van der Waals surface area contributed by atoms with Crippen LogP contribution in [-0.2, 0) is 19.1 Å². The van der Waals surface area contributed by atoms with Crippen LogP contribution in [0.25, 0.3) is 0 Å². The number of esters is 1. The molecule has 1 rings (SSSR count). The van der Waals surface area contributed by atoms with E-state index in [1.807, 2.05) is 27.7 Å². The van der Waals surface area contributed by atoms with Gasteiger partial charge in [-0.25, -0.2) is 4.98 Å². The minimum Gasteiger partial charge on any atom is -0.466 e. The summed E-state index contributed by atoms with van der Waals surface area (Å²) >= 11 is 0. The minimum absolute atomic E-state index is 0.0635. The SMILES string of the molecule is CCOC(=O)CC(C=O)COCC(C)n1c(C)nc(C)c1C. The van der Waals surface area contributed by atoms with Crippen LogP contribution in [0.5, 0.6) is 0 Å². The molecule has 6 heteroatoms. The van der Waals surface area contributed by atoms with Crippen LogP contribution in [0, 0.1) is 26.7 Å². The molecule has 0 aliphatic carbocycles. The number of imidazole rings is 1. The standard InChI is InChI=1S/C16H26N2O4/c1-6-22-16(20)7-15(8-19)10-21-9-11(2)18-13(4)12(3)17-14(18)5/h8,11,15H,6-7,9-10H2,1-5H3. The van der Waals surface area contributed by atoms with Crippen LogP contribution in [-0.4, -0.2) is 41.6 Å². The largest absolute Gasteiger partial charge is 0.466 e. The number of ether oxygens (including phenoxy) is 2. The number of aromatic nitrogens is 2. The number of rotatable bonds is 9. The van der Waals surface area contributed by atoms with Gasteiger partial charge in [0.2, 0.25) is 0 Å². The Bertz CT molecular complexity index is 510. The summed E-state index contributed by atoms with van der Waals surface area (Å²) in [6.07, 6.45) is 0.813. The summed E-state index contributed by atoms with van der Waals surface area (Å²) in [5.74, 6) is 0.121. The third-order valence-electron chi connectivity index (χ3n) is 3.62. The van der Waals surface area contributed by atoms with Crippen molar-refractivity contribution in [2.24, 2.45) is 5.92 Å². The molecule has 0 aromatic carbocycles. The fraction of sp³-hybridized carbons (Fsp3) is 0.688. The molecule has 1 aromatic rings. The zero-order chi connectivity index (χ0) is 16.7.